The van der Waals surface area contributed by atoms with Crippen molar-refractivity contribution in [3.05, 3.63) is 39.1 Å². The Morgan fingerprint density at radius 2 is 2.14 bits per heavy atom. The SMILES string of the molecule is Cc1sc2nc3ccc(-c4nn[nH]n4)cn3c(=O)c2c1C. The second-order valence-electron chi connectivity index (χ2n) is 4.76. The number of hydrogen-bond donors (Lipinski definition) is 1. The maximum absolute atomic E-state index is 12.7. The Morgan fingerprint density at radius 1 is 1.29 bits per heavy atom. The summed E-state index contributed by atoms with van der Waals surface area (Å²) in [6.07, 6.45) is 1.70. The molecule has 4 aromatic heterocycles. The molecule has 21 heavy (non-hydrogen) atoms. The van der Waals surface area contributed by atoms with Gasteiger partial charge in [-0.25, -0.2) is 4.98 Å². The molecule has 0 aliphatic heterocycles. The van der Waals surface area contributed by atoms with E-state index in [1.807, 2.05) is 19.9 Å². The van der Waals surface area contributed by atoms with Crippen LogP contribution in [0.4, 0.5) is 0 Å². The molecule has 4 heterocycles. The predicted molar refractivity (Wildman–Crippen MR) is 79.5 cm³/mol. The molecule has 0 saturated carbocycles. The molecule has 0 amide bonds. The normalized spacial score (nSPS) is 11.5. The molecule has 0 aliphatic rings. The van der Waals surface area contributed by atoms with Crippen LogP contribution in [0.1, 0.15) is 10.4 Å². The van der Waals surface area contributed by atoms with Crippen molar-refractivity contribution in [1.29, 1.82) is 0 Å². The number of rotatable bonds is 1. The number of tetrazole rings is 1. The van der Waals surface area contributed by atoms with Crippen molar-refractivity contribution in [2.45, 2.75) is 13.8 Å². The van der Waals surface area contributed by atoms with E-state index in [9.17, 15) is 4.79 Å². The van der Waals surface area contributed by atoms with Gasteiger partial charge in [0.1, 0.15) is 10.5 Å². The third kappa shape index (κ3) is 1.69. The Morgan fingerprint density at radius 3 is 2.90 bits per heavy atom. The number of hydrogen-bond acceptors (Lipinski definition) is 6. The fourth-order valence-corrected chi connectivity index (χ4v) is 3.35. The summed E-state index contributed by atoms with van der Waals surface area (Å²) in [6, 6.07) is 3.61. The van der Waals surface area contributed by atoms with Crippen LogP contribution in [0.25, 0.3) is 27.3 Å². The van der Waals surface area contributed by atoms with E-state index >= 15 is 0 Å². The number of nitrogens with zero attached hydrogens (tertiary/aromatic N) is 5. The van der Waals surface area contributed by atoms with Gasteiger partial charge in [-0.15, -0.1) is 21.5 Å². The zero-order valence-electron chi connectivity index (χ0n) is 11.3. The highest BCUT2D eigenvalue weighted by atomic mass is 32.1. The number of aromatic amines is 1. The third-order valence-electron chi connectivity index (χ3n) is 3.55. The summed E-state index contributed by atoms with van der Waals surface area (Å²) in [5.41, 5.74) is 2.25. The van der Waals surface area contributed by atoms with E-state index in [0.29, 0.717) is 22.4 Å². The number of aryl methyl sites for hydroxylation is 2. The van der Waals surface area contributed by atoms with E-state index in [4.69, 9.17) is 0 Å². The van der Waals surface area contributed by atoms with Gasteiger partial charge in [-0.3, -0.25) is 9.20 Å². The standard InChI is InChI=1S/C13H10N6OS/c1-6-7(2)21-12-10(6)13(20)19-5-8(3-4-9(19)14-12)11-15-17-18-16-11/h3-5H,1-2H3,(H,15,16,17,18). The Hall–Kier alpha value is -2.61. The van der Waals surface area contributed by atoms with Crippen LogP contribution in [0.2, 0.25) is 0 Å². The fourth-order valence-electron chi connectivity index (χ4n) is 2.33. The number of thiophene rings is 1. The Balaban J connectivity index is 2.11. The minimum Gasteiger partial charge on any atom is -0.268 e. The molecule has 104 valence electrons. The zero-order valence-corrected chi connectivity index (χ0v) is 12.1. The van der Waals surface area contributed by atoms with Gasteiger partial charge in [-0.2, -0.15) is 5.21 Å². The molecule has 0 saturated heterocycles. The van der Waals surface area contributed by atoms with Crippen molar-refractivity contribution in [3.8, 4) is 11.4 Å². The van der Waals surface area contributed by atoms with Gasteiger partial charge in [0.25, 0.3) is 5.56 Å². The monoisotopic (exact) mass is 298 g/mol. The quantitative estimate of drug-likeness (QED) is 0.578. The van der Waals surface area contributed by atoms with Crippen LogP contribution >= 0.6 is 11.3 Å². The van der Waals surface area contributed by atoms with Gasteiger partial charge in [0.05, 0.1) is 5.39 Å². The number of nitrogens with one attached hydrogen (secondary N) is 1. The zero-order chi connectivity index (χ0) is 14.6. The number of aromatic nitrogens is 6. The summed E-state index contributed by atoms with van der Waals surface area (Å²) in [7, 11) is 0. The Bertz CT molecular complexity index is 1030. The summed E-state index contributed by atoms with van der Waals surface area (Å²) in [5.74, 6) is 0.446. The molecule has 4 rings (SSSR count). The lowest BCUT2D eigenvalue weighted by Crippen LogP contribution is -2.15. The molecule has 0 spiro atoms. The third-order valence-corrected chi connectivity index (χ3v) is 4.65. The molecule has 0 radical (unpaired) electrons. The van der Waals surface area contributed by atoms with Gasteiger partial charge in [-0.05, 0) is 36.8 Å². The first-order valence-corrected chi connectivity index (χ1v) is 7.13. The summed E-state index contributed by atoms with van der Waals surface area (Å²) >= 11 is 1.55. The van der Waals surface area contributed by atoms with Gasteiger partial charge < -0.3 is 0 Å². The average molecular weight is 298 g/mol. The highest BCUT2D eigenvalue weighted by molar-refractivity contribution is 7.18. The lowest BCUT2D eigenvalue weighted by molar-refractivity contribution is 0.881. The van der Waals surface area contributed by atoms with Crippen LogP contribution < -0.4 is 5.56 Å². The van der Waals surface area contributed by atoms with Gasteiger partial charge >= 0.3 is 0 Å². The topological polar surface area (TPSA) is 88.8 Å². The minimum atomic E-state index is -0.0674. The molecule has 1 N–H and O–H groups in total. The maximum atomic E-state index is 12.7. The number of H-pyrrole nitrogens is 1. The Kier molecular flexibility index (Phi) is 2.43. The molecule has 8 heteroatoms. The predicted octanol–water partition coefficient (Wildman–Crippen LogP) is 1.71. The Labute approximate surface area is 122 Å². The smallest absolute Gasteiger partial charge is 0.266 e. The molecular weight excluding hydrogens is 288 g/mol. The summed E-state index contributed by atoms with van der Waals surface area (Å²) < 4.78 is 1.53. The van der Waals surface area contributed by atoms with Gasteiger partial charge in [-0.1, -0.05) is 0 Å². The number of fused-ring (bicyclic) bond motifs is 2. The highest BCUT2D eigenvalue weighted by Gasteiger charge is 2.13. The van der Waals surface area contributed by atoms with Crippen LogP contribution in [0.5, 0.6) is 0 Å². The molecule has 0 unspecified atom stereocenters. The molecule has 4 aromatic rings. The highest BCUT2D eigenvalue weighted by Crippen LogP contribution is 2.26. The first-order chi connectivity index (χ1) is 10.1. The van der Waals surface area contributed by atoms with Gasteiger partial charge in [0.15, 0.2) is 0 Å². The van der Waals surface area contributed by atoms with Gasteiger partial charge in [0, 0.05) is 16.6 Å². The molecule has 0 bridgehead atoms. The van der Waals surface area contributed by atoms with Crippen molar-refractivity contribution >= 4 is 27.2 Å². The molecule has 0 aliphatic carbocycles. The molecule has 0 fully saturated rings. The van der Waals surface area contributed by atoms with Crippen LogP contribution in [0.15, 0.2) is 23.1 Å². The summed E-state index contributed by atoms with van der Waals surface area (Å²) in [5, 5.41) is 14.5. The largest absolute Gasteiger partial charge is 0.268 e. The second kappa shape index (κ2) is 4.19. The van der Waals surface area contributed by atoms with Crippen molar-refractivity contribution in [2.75, 3.05) is 0 Å². The van der Waals surface area contributed by atoms with E-state index < -0.39 is 0 Å². The molecular formula is C13H10N6OS. The first kappa shape index (κ1) is 12.2. The van der Waals surface area contributed by atoms with Crippen molar-refractivity contribution in [1.82, 2.24) is 30.0 Å². The summed E-state index contributed by atoms with van der Waals surface area (Å²) in [4.78, 5) is 19.2. The van der Waals surface area contributed by atoms with E-state index in [1.165, 1.54) is 4.40 Å². The lowest BCUT2D eigenvalue weighted by atomic mass is 10.2. The molecule has 7 nitrogen and oxygen atoms in total. The average Bonchev–Trinajstić information content (AvgIpc) is 3.09. The van der Waals surface area contributed by atoms with E-state index in [-0.39, 0.29) is 5.56 Å². The van der Waals surface area contributed by atoms with E-state index in [0.717, 1.165) is 15.3 Å². The maximum Gasteiger partial charge on any atom is 0.266 e. The lowest BCUT2D eigenvalue weighted by Gasteiger charge is -2.02. The van der Waals surface area contributed by atoms with Crippen molar-refractivity contribution in [3.63, 3.8) is 0 Å². The molecule has 0 aromatic carbocycles. The van der Waals surface area contributed by atoms with E-state index in [2.05, 4.69) is 25.6 Å². The number of pyridine rings is 1. The van der Waals surface area contributed by atoms with Crippen LogP contribution in [0.3, 0.4) is 0 Å². The fraction of sp³-hybridized carbons (Fsp3) is 0.154. The van der Waals surface area contributed by atoms with Crippen molar-refractivity contribution < 1.29 is 0 Å². The van der Waals surface area contributed by atoms with Crippen LogP contribution in [-0.2, 0) is 0 Å². The van der Waals surface area contributed by atoms with E-state index in [1.54, 1.807) is 23.6 Å². The molecule has 0 atom stereocenters. The van der Waals surface area contributed by atoms with Gasteiger partial charge in [0.2, 0.25) is 5.82 Å². The minimum absolute atomic E-state index is 0.0674. The summed E-state index contributed by atoms with van der Waals surface area (Å²) in [6.45, 7) is 3.95. The van der Waals surface area contributed by atoms with Crippen molar-refractivity contribution in [2.24, 2.45) is 0 Å². The van der Waals surface area contributed by atoms with Crippen LogP contribution in [-0.4, -0.2) is 30.0 Å². The second-order valence-corrected chi connectivity index (χ2v) is 5.96. The first-order valence-electron chi connectivity index (χ1n) is 6.31. The van der Waals surface area contributed by atoms with Crippen LogP contribution in [0, 0.1) is 13.8 Å².